The van der Waals surface area contributed by atoms with Gasteiger partial charge in [0.2, 0.25) is 5.91 Å². The van der Waals surface area contributed by atoms with Crippen LogP contribution in [0.3, 0.4) is 0 Å². The first-order valence-corrected chi connectivity index (χ1v) is 7.29. The van der Waals surface area contributed by atoms with Gasteiger partial charge in [-0.1, -0.05) is 6.07 Å². The van der Waals surface area contributed by atoms with E-state index < -0.39 is 0 Å². The average Bonchev–Trinajstić information content (AvgIpc) is 2.46. The molecule has 1 heterocycles. The summed E-state index contributed by atoms with van der Waals surface area (Å²) in [4.78, 5) is 14.5. The van der Waals surface area contributed by atoms with Crippen LogP contribution in [-0.2, 0) is 11.2 Å². The number of amides is 1. The highest BCUT2D eigenvalue weighted by atomic mass is 16.5. The van der Waals surface area contributed by atoms with E-state index >= 15 is 0 Å². The highest BCUT2D eigenvalue weighted by Gasteiger charge is 2.28. The van der Waals surface area contributed by atoms with Gasteiger partial charge in [-0.15, -0.1) is 0 Å². The summed E-state index contributed by atoms with van der Waals surface area (Å²) in [6.45, 7) is 5.86. The first kappa shape index (κ1) is 15.6. The largest absolute Gasteiger partial charge is 0.493 e. The van der Waals surface area contributed by atoms with Crippen molar-refractivity contribution < 1.29 is 14.3 Å². The highest BCUT2D eigenvalue weighted by molar-refractivity contribution is 5.79. The van der Waals surface area contributed by atoms with Gasteiger partial charge in [-0.05, 0) is 31.5 Å². The molecule has 5 nitrogen and oxygen atoms in total. The number of hydrogen-bond donors (Lipinski definition) is 1. The van der Waals surface area contributed by atoms with Gasteiger partial charge in [0.05, 0.1) is 20.6 Å². The van der Waals surface area contributed by atoms with Crippen LogP contribution >= 0.6 is 0 Å². The van der Waals surface area contributed by atoms with E-state index in [9.17, 15) is 4.79 Å². The Balaban J connectivity index is 2.11. The normalized spacial score (nSPS) is 22.0. The Morgan fingerprint density at radius 1 is 1.19 bits per heavy atom. The molecule has 1 aliphatic rings. The summed E-state index contributed by atoms with van der Waals surface area (Å²) in [6, 6.07) is 6.07. The lowest BCUT2D eigenvalue weighted by molar-refractivity contribution is -0.135. The molecule has 5 heteroatoms. The molecule has 21 heavy (non-hydrogen) atoms. The van der Waals surface area contributed by atoms with Crippen LogP contribution < -0.4 is 14.8 Å². The van der Waals surface area contributed by atoms with Gasteiger partial charge in [0, 0.05) is 25.2 Å². The smallest absolute Gasteiger partial charge is 0.227 e. The van der Waals surface area contributed by atoms with Crippen molar-refractivity contribution >= 4 is 5.91 Å². The Morgan fingerprint density at radius 2 is 1.81 bits per heavy atom. The maximum absolute atomic E-state index is 12.6. The molecule has 0 saturated carbocycles. The first-order valence-electron chi connectivity index (χ1n) is 7.29. The number of piperazine rings is 1. The minimum Gasteiger partial charge on any atom is -0.493 e. The van der Waals surface area contributed by atoms with E-state index in [1.54, 1.807) is 14.2 Å². The van der Waals surface area contributed by atoms with Crippen LogP contribution in [0.25, 0.3) is 0 Å². The number of methoxy groups -OCH3 is 2. The third-order valence-electron chi connectivity index (χ3n) is 3.92. The lowest BCUT2D eigenvalue weighted by Crippen LogP contribution is -2.57. The molecule has 0 spiro atoms. The Bertz CT molecular complexity index is 494. The van der Waals surface area contributed by atoms with Crippen molar-refractivity contribution in [2.45, 2.75) is 32.4 Å². The number of rotatable bonds is 4. The summed E-state index contributed by atoms with van der Waals surface area (Å²) in [5, 5.41) is 3.34. The summed E-state index contributed by atoms with van der Waals surface area (Å²) < 4.78 is 10.5. The van der Waals surface area contributed by atoms with Crippen LogP contribution in [0.15, 0.2) is 18.2 Å². The van der Waals surface area contributed by atoms with Crippen LogP contribution in [0.1, 0.15) is 19.4 Å². The maximum Gasteiger partial charge on any atom is 0.227 e. The molecule has 2 atom stereocenters. The number of nitrogens with zero attached hydrogens (tertiary/aromatic N) is 1. The van der Waals surface area contributed by atoms with Gasteiger partial charge in [-0.3, -0.25) is 4.79 Å². The van der Waals surface area contributed by atoms with E-state index in [-0.39, 0.29) is 18.0 Å². The second kappa shape index (κ2) is 6.80. The molecular weight excluding hydrogens is 268 g/mol. The minimum atomic E-state index is 0.156. The van der Waals surface area contributed by atoms with E-state index in [1.165, 1.54) is 0 Å². The van der Waals surface area contributed by atoms with Crippen molar-refractivity contribution in [3.05, 3.63) is 23.8 Å². The summed E-state index contributed by atoms with van der Waals surface area (Å²) in [5.74, 6) is 1.49. The van der Waals surface area contributed by atoms with Crippen LogP contribution in [-0.4, -0.2) is 50.2 Å². The van der Waals surface area contributed by atoms with Crippen molar-refractivity contribution in [2.75, 3.05) is 27.3 Å². The molecule has 1 aromatic rings. The summed E-state index contributed by atoms with van der Waals surface area (Å²) in [6.07, 6.45) is 0.384. The maximum atomic E-state index is 12.6. The average molecular weight is 292 g/mol. The molecule has 2 unspecified atom stereocenters. The summed E-state index contributed by atoms with van der Waals surface area (Å²) >= 11 is 0. The second-order valence-electron chi connectivity index (χ2n) is 5.52. The second-order valence-corrected chi connectivity index (χ2v) is 5.52. The highest BCUT2D eigenvalue weighted by Crippen LogP contribution is 2.28. The third kappa shape index (κ3) is 3.47. The molecular formula is C16H24N2O3. The number of hydrogen-bond acceptors (Lipinski definition) is 4. The molecule has 2 rings (SSSR count). The molecule has 116 valence electrons. The van der Waals surface area contributed by atoms with Crippen LogP contribution in [0.4, 0.5) is 0 Å². The molecule has 1 aromatic carbocycles. The van der Waals surface area contributed by atoms with Crippen LogP contribution in [0.2, 0.25) is 0 Å². The number of carbonyl (C=O) groups is 1. The van der Waals surface area contributed by atoms with Crippen LogP contribution in [0.5, 0.6) is 11.5 Å². The lowest BCUT2D eigenvalue weighted by atomic mass is 10.1. The van der Waals surface area contributed by atoms with Gasteiger partial charge in [-0.2, -0.15) is 0 Å². The number of carbonyl (C=O) groups excluding carboxylic acids is 1. The number of benzene rings is 1. The van der Waals surface area contributed by atoms with Gasteiger partial charge >= 0.3 is 0 Å². The van der Waals surface area contributed by atoms with Crippen molar-refractivity contribution in [2.24, 2.45) is 0 Å². The summed E-state index contributed by atoms with van der Waals surface area (Å²) in [7, 11) is 3.21. The fraction of sp³-hybridized carbons (Fsp3) is 0.562. The van der Waals surface area contributed by atoms with Gasteiger partial charge in [0.1, 0.15) is 0 Å². The summed E-state index contributed by atoms with van der Waals surface area (Å²) in [5.41, 5.74) is 0.940. The molecule has 1 amide bonds. The predicted octanol–water partition coefficient (Wildman–Crippen LogP) is 1.46. The quantitative estimate of drug-likeness (QED) is 0.913. The topological polar surface area (TPSA) is 50.8 Å². The molecule has 1 saturated heterocycles. The fourth-order valence-corrected chi connectivity index (χ4v) is 2.88. The zero-order chi connectivity index (χ0) is 15.4. The minimum absolute atomic E-state index is 0.156. The zero-order valence-electron chi connectivity index (χ0n) is 13.2. The predicted molar refractivity (Wildman–Crippen MR) is 81.9 cm³/mol. The fourth-order valence-electron chi connectivity index (χ4n) is 2.88. The van der Waals surface area contributed by atoms with E-state index in [1.807, 2.05) is 23.1 Å². The lowest BCUT2D eigenvalue weighted by Gasteiger charge is -2.39. The van der Waals surface area contributed by atoms with Crippen molar-refractivity contribution in [3.8, 4) is 11.5 Å². The van der Waals surface area contributed by atoms with Gasteiger partial charge < -0.3 is 19.7 Å². The molecule has 1 N–H and O–H groups in total. The van der Waals surface area contributed by atoms with E-state index in [0.29, 0.717) is 17.9 Å². The molecule has 0 aromatic heterocycles. The van der Waals surface area contributed by atoms with E-state index in [2.05, 4.69) is 19.2 Å². The van der Waals surface area contributed by atoms with Gasteiger partial charge in [0.25, 0.3) is 0 Å². The van der Waals surface area contributed by atoms with Crippen molar-refractivity contribution in [1.82, 2.24) is 10.2 Å². The molecule has 0 bridgehead atoms. The SMILES string of the molecule is COc1ccc(CC(=O)N2C(C)CNCC2C)cc1OC. The molecule has 1 fully saturated rings. The Morgan fingerprint density at radius 3 is 2.38 bits per heavy atom. The Hall–Kier alpha value is -1.75. The first-order chi connectivity index (χ1) is 10.1. The zero-order valence-corrected chi connectivity index (χ0v) is 13.2. The number of nitrogens with one attached hydrogen (secondary N) is 1. The van der Waals surface area contributed by atoms with Crippen LogP contribution in [0, 0.1) is 0 Å². The van der Waals surface area contributed by atoms with E-state index in [0.717, 1.165) is 18.7 Å². The monoisotopic (exact) mass is 292 g/mol. The van der Waals surface area contributed by atoms with Crippen molar-refractivity contribution in [1.29, 1.82) is 0 Å². The Kier molecular flexibility index (Phi) is 5.07. The standard InChI is InChI=1S/C16H24N2O3/c1-11-9-17-10-12(2)18(11)16(19)8-13-5-6-14(20-3)15(7-13)21-4/h5-7,11-12,17H,8-10H2,1-4H3. The van der Waals surface area contributed by atoms with Crippen molar-refractivity contribution in [3.63, 3.8) is 0 Å². The third-order valence-corrected chi connectivity index (χ3v) is 3.92. The molecule has 1 aliphatic heterocycles. The number of ether oxygens (including phenoxy) is 2. The molecule has 0 aliphatic carbocycles. The van der Waals surface area contributed by atoms with Gasteiger partial charge in [-0.25, -0.2) is 0 Å². The van der Waals surface area contributed by atoms with E-state index in [4.69, 9.17) is 9.47 Å². The molecule has 0 radical (unpaired) electrons. The Labute approximate surface area is 126 Å². The van der Waals surface area contributed by atoms with Gasteiger partial charge in [0.15, 0.2) is 11.5 Å².